The van der Waals surface area contributed by atoms with Gasteiger partial charge in [0.15, 0.2) is 0 Å². The van der Waals surface area contributed by atoms with E-state index in [2.05, 4.69) is 10.6 Å². The third kappa shape index (κ3) is 8.79. The van der Waals surface area contributed by atoms with Crippen molar-refractivity contribution < 1.29 is 19.1 Å². The molecule has 6 heteroatoms. The lowest BCUT2D eigenvalue weighted by Crippen LogP contribution is -2.36. The van der Waals surface area contributed by atoms with Gasteiger partial charge in [0.25, 0.3) is 0 Å². The van der Waals surface area contributed by atoms with Crippen LogP contribution in [0.15, 0.2) is 0 Å². The number of hydrogen-bond donors (Lipinski definition) is 2. The van der Waals surface area contributed by atoms with Crippen LogP contribution in [0, 0.1) is 0 Å². The van der Waals surface area contributed by atoms with E-state index in [9.17, 15) is 9.59 Å². The first kappa shape index (κ1) is 12.7. The smallest absolute Gasteiger partial charge is 0.408 e. The summed E-state index contributed by atoms with van der Waals surface area (Å²) in [5.74, 6) is -0.204. The molecule has 0 aliphatic rings. The molecule has 0 fully saturated rings. The summed E-state index contributed by atoms with van der Waals surface area (Å²) in [4.78, 5) is 21.3. The van der Waals surface area contributed by atoms with Gasteiger partial charge in [0.1, 0.15) is 0 Å². The Labute approximate surface area is 82.9 Å². The molecule has 0 aromatic heterocycles. The number of ether oxygens (including phenoxy) is 2. The van der Waals surface area contributed by atoms with E-state index in [1.54, 1.807) is 7.11 Å². The predicted octanol–water partition coefficient (Wildman–Crippen LogP) is -0.157. The molecular weight excluding hydrogens is 188 g/mol. The number of methoxy groups -OCH3 is 1. The van der Waals surface area contributed by atoms with Crippen LogP contribution in [0.1, 0.15) is 13.3 Å². The number of alkyl carbamates (subject to hydrolysis) is 1. The van der Waals surface area contributed by atoms with Crippen LogP contribution in [0.4, 0.5) is 4.79 Å². The van der Waals surface area contributed by atoms with Gasteiger partial charge in [0.2, 0.25) is 5.91 Å². The van der Waals surface area contributed by atoms with Crippen molar-refractivity contribution in [2.75, 3.05) is 27.0 Å². The van der Waals surface area contributed by atoms with E-state index in [1.807, 2.05) is 0 Å². The molecule has 82 valence electrons. The van der Waals surface area contributed by atoms with E-state index < -0.39 is 6.09 Å². The first-order valence-electron chi connectivity index (χ1n) is 4.31. The largest absolute Gasteiger partial charge is 0.449 e. The highest BCUT2D eigenvalue weighted by Gasteiger charge is 1.99. The minimum atomic E-state index is -0.546. The van der Waals surface area contributed by atoms with Crippen molar-refractivity contribution in [1.29, 1.82) is 0 Å². The minimum Gasteiger partial charge on any atom is -0.449 e. The lowest BCUT2D eigenvalue weighted by Gasteiger charge is -2.06. The van der Waals surface area contributed by atoms with E-state index in [1.165, 1.54) is 6.92 Å². The quantitative estimate of drug-likeness (QED) is 0.465. The number of amides is 2. The third-order valence-corrected chi connectivity index (χ3v) is 1.30. The molecule has 0 unspecified atom stereocenters. The molecule has 0 saturated heterocycles. The summed E-state index contributed by atoms with van der Waals surface area (Å²) in [6.45, 7) is 2.31. The lowest BCUT2D eigenvalue weighted by molar-refractivity contribution is -0.119. The molecule has 0 aromatic rings. The molecule has 0 aliphatic heterocycles. The second kappa shape index (κ2) is 8.31. The zero-order chi connectivity index (χ0) is 10.8. The Balaban J connectivity index is 3.24. The van der Waals surface area contributed by atoms with Gasteiger partial charge in [-0.2, -0.15) is 0 Å². The fraction of sp³-hybridized carbons (Fsp3) is 0.750. The molecule has 14 heavy (non-hydrogen) atoms. The summed E-state index contributed by atoms with van der Waals surface area (Å²) in [7, 11) is 1.58. The zero-order valence-corrected chi connectivity index (χ0v) is 8.46. The molecule has 0 radical (unpaired) electrons. The van der Waals surface area contributed by atoms with Crippen molar-refractivity contribution >= 4 is 12.0 Å². The topological polar surface area (TPSA) is 76.7 Å². The number of carbonyl (C=O) groups excluding carboxylic acids is 2. The molecule has 0 atom stereocenters. The molecule has 0 bridgehead atoms. The van der Waals surface area contributed by atoms with E-state index in [0.717, 1.165) is 0 Å². The summed E-state index contributed by atoms with van der Waals surface area (Å²) in [5, 5.41) is 4.76. The Morgan fingerprint density at radius 2 is 1.93 bits per heavy atom. The fourth-order valence-corrected chi connectivity index (χ4v) is 0.660. The highest BCUT2D eigenvalue weighted by Crippen LogP contribution is 1.83. The maximum absolute atomic E-state index is 10.9. The van der Waals surface area contributed by atoms with Crippen LogP contribution < -0.4 is 10.6 Å². The fourth-order valence-electron chi connectivity index (χ4n) is 0.660. The van der Waals surface area contributed by atoms with E-state index >= 15 is 0 Å². The average molecular weight is 204 g/mol. The van der Waals surface area contributed by atoms with Crippen LogP contribution in [-0.4, -0.2) is 39.0 Å². The molecule has 2 N–H and O–H groups in total. The van der Waals surface area contributed by atoms with Crippen molar-refractivity contribution in [3.63, 3.8) is 0 Å². The molecule has 0 saturated carbocycles. The third-order valence-electron chi connectivity index (χ3n) is 1.30. The van der Waals surface area contributed by atoms with Gasteiger partial charge in [-0.15, -0.1) is 0 Å². The van der Waals surface area contributed by atoms with Crippen molar-refractivity contribution in [2.45, 2.75) is 13.3 Å². The van der Waals surface area contributed by atoms with Crippen LogP contribution >= 0.6 is 0 Å². The predicted molar refractivity (Wildman–Crippen MR) is 49.7 cm³/mol. The lowest BCUT2D eigenvalue weighted by atomic mass is 10.5. The van der Waals surface area contributed by atoms with Crippen molar-refractivity contribution in [3.8, 4) is 0 Å². The van der Waals surface area contributed by atoms with Gasteiger partial charge in [-0.05, 0) is 0 Å². The van der Waals surface area contributed by atoms with Crippen molar-refractivity contribution in [2.24, 2.45) is 0 Å². The number of hydrogen-bond acceptors (Lipinski definition) is 4. The highest BCUT2D eigenvalue weighted by molar-refractivity contribution is 5.73. The van der Waals surface area contributed by atoms with Gasteiger partial charge >= 0.3 is 6.09 Å². The van der Waals surface area contributed by atoms with Gasteiger partial charge in [0.05, 0.1) is 13.3 Å². The normalized spacial score (nSPS) is 9.29. The number of carbonyl (C=O) groups is 2. The molecule has 0 aromatic carbocycles. The Bertz CT molecular complexity index is 184. The number of nitrogens with one attached hydrogen (secondary N) is 2. The summed E-state index contributed by atoms with van der Waals surface area (Å²) in [6.07, 6.45) is 0.110. The summed E-state index contributed by atoms with van der Waals surface area (Å²) in [6, 6.07) is 0. The number of rotatable bonds is 6. The Morgan fingerprint density at radius 3 is 2.50 bits per heavy atom. The Hall–Kier alpha value is -1.30. The van der Waals surface area contributed by atoms with E-state index in [-0.39, 0.29) is 12.6 Å². The van der Waals surface area contributed by atoms with Gasteiger partial charge < -0.3 is 20.1 Å². The highest BCUT2D eigenvalue weighted by atomic mass is 16.5. The first-order valence-corrected chi connectivity index (χ1v) is 4.31. The van der Waals surface area contributed by atoms with Gasteiger partial charge in [-0.3, -0.25) is 4.79 Å². The van der Waals surface area contributed by atoms with Crippen LogP contribution in [0.3, 0.4) is 0 Å². The molecule has 2 amide bonds. The maximum atomic E-state index is 10.9. The van der Waals surface area contributed by atoms with E-state index in [0.29, 0.717) is 19.6 Å². The second-order valence-corrected chi connectivity index (χ2v) is 2.57. The monoisotopic (exact) mass is 204 g/mol. The van der Waals surface area contributed by atoms with Crippen molar-refractivity contribution in [3.05, 3.63) is 0 Å². The Morgan fingerprint density at radius 1 is 1.21 bits per heavy atom. The summed E-state index contributed by atoms with van der Waals surface area (Å²) < 4.78 is 9.51. The molecule has 6 nitrogen and oxygen atoms in total. The SMILES string of the molecule is COCCCOC(=O)NCNC(C)=O. The van der Waals surface area contributed by atoms with Gasteiger partial charge in [-0.25, -0.2) is 4.79 Å². The summed E-state index contributed by atoms with van der Waals surface area (Å²) >= 11 is 0. The standard InChI is InChI=1S/C8H16N2O4/c1-7(11)9-6-10-8(12)14-5-3-4-13-2/h3-6H2,1-2H3,(H,9,11)(H,10,12). The van der Waals surface area contributed by atoms with Gasteiger partial charge in [-0.1, -0.05) is 0 Å². The van der Waals surface area contributed by atoms with Crippen LogP contribution in [0.2, 0.25) is 0 Å². The molecule has 0 aliphatic carbocycles. The summed E-state index contributed by atoms with van der Waals surface area (Å²) in [5.41, 5.74) is 0. The van der Waals surface area contributed by atoms with Crippen molar-refractivity contribution in [1.82, 2.24) is 10.6 Å². The Kier molecular flexibility index (Phi) is 7.53. The average Bonchev–Trinajstić information content (AvgIpc) is 2.12. The maximum Gasteiger partial charge on any atom is 0.408 e. The molecule has 0 spiro atoms. The van der Waals surface area contributed by atoms with Gasteiger partial charge in [0, 0.05) is 27.1 Å². The second-order valence-electron chi connectivity index (χ2n) is 2.57. The first-order chi connectivity index (χ1) is 6.66. The van der Waals surface area contributed by atoms with E-state index in [4.69, 9.17) is 9.47 Å². The zero-order valence-electron chi connectivity index (χ0n) is 8.46. The molecule has 0 heterocycles. The molecular formula is C8H16N2O4. The minimum absolute atomic E-state index is 0.0818. The molecule has 0 rings (SSSR count). The van der Waals surface area contributed by atoms with Crippen LogP contribution in [0.5, 0.6) is 0 Å². The van der Waals surface area contributed by atoms with Crippen LogP contribution in [-0.2, 0) is 14.3 Å². The van der Waals surface area contributed by atoms with Crippen LogP contribution in [0.25, 0.3) is 0 Å².